The van der Waals surface area contributed by atoms with Crippen LogP contribution in [-0.2, 0) is 4.74 Å². The Labute approximate surface area is 179 Å². The first-order valence-electron chi connectivity index (χ1n) is 10.3. The van der Waals surface area contributed by atoms with E-state index in [4.69, 9.17) is 4.74 Å². The predicted octanol–water partition coefficient (Wildman–Crippen LogP) is 4.80. The number of aromatic nitrogens is 2. The molecule has 0 aliphatic carbocycles. The minimum absolute atomic E-state index is 0.00599. The third-order valence-electron chi connectivity index (χ3n) is 5.54. The summed E-state index contributed by atoms with van der Waals surface area (Å²) in [5.74, 6) is -1.38. The molecule has 1 aromatic heterocycles. The van der Waals surface area contributed by atoms with Crippen LogP contribution in [0.15, 0.2) is 61.1 Å². The number of ether oxygens (including phenoxy) is 1. The van der Waals surface area contributed by atoms with E-state index in [-0.39, 0.29) is 18.1 Å². The van der Waals surface area contributed by atoms with E-state index >= 15 is 0 Å². The van der Waals surface area contributed by atoms with E-state index < -0.39 is 11.6 Å². The van der Waals surface area contributed by atoms with E-state index in [1.807, 2.05) is 36.1 Å². The summed E-state index contributed by atoms with van der Waals surface area (Å²) in [6.07, 6.45) is 5.65. The SMILES string of the molecule is CCN(C(=O)c1cnccn1)[C@H]1CCO[C@@H](c2cccc(-c3cc(F)cc(F)c3)c2)C1. The highest BCUT2D eigenvalue weighted by Gasteiger charge is 2.31. The quantitative estimate of drug-likeness (QED) is 0.591. The summed E-state index contributed by atoms with van der Waals surface area (Å²) < 4.78 is 33.3. The zero-order valence-corrected chi connectivity index (χ0v) is 17.2. The molecule has 2 heterocycles. The number of halogens is 2. The summed E-state index contributed by atoms with van der Waals surface area (Å²) in [7, 11) is 0. The first kappa shape index (κ1) is 21.1. The molecule has 0 radical (unpaired) electrons. The Hall–Kier alpha value is -3.19. The number of amides is 1. The molecule has 1 saturated heterocycles. The lowest BCUT2D eigenvalue weighted by Crippen LogP contribution is -2.44. The van der Waals surface area contributed by atoms with Gasteiger partial charge < -0.3 is 9.64 Å². The summed E-state index contributed by atoms with van der Waals surface area (Å²) in [6.45, 7) is 3.01. The lowest BCUT2D eigenvalue weighted by atomic mass is 9.93. The van der Waals surface area contributed by atoms with Crippen molar-refractivity contribution in [3.8, 4) is 11.1 Å². The Morgan fingerprint density at radius 3 is 2.65 bits per heavy atom. The molecule has 5 nitrogen and oxygen atoms in total. The molecule has 3 aromatic rings. The fourth-order valence-corrected chi connectivity index (χ4v) is 4.06. The first-order valence-corrected chi connectivity index (χ1v) is 10.3. The molecular weight excluding hydrogens is 400 g/mol. The lowest BCUT2D eigenvalue weighted by molar-refractivity contribution is -0.0232. The number of carbonyl (C=O) groups is 1. The lowest BCUT2D eigenvalue weighted by Gasteiger charge is -2.37. The molecule has 160 valence electrons. The first-order chi connectivity index (χ1) is 15.0. The zero-order valence-electron chi connectivity index (χ0n) is 17.2. The molecule has 1 aliphatic heterocycles. The largest absolute Gasteiger partial charge is 0.373 e. The minimum Gasteiger partial charge on any atom is -0.373 e. The minimum atomic E-state index is -0.615. The summed E-state index contributed by atoms with van der Waals surface area (Å²) in [4.78, 5) is 22.9. The maximum atomic E-state index is 13.7. The van der Waals surface area contributed by atoms with Gasteiger partial charge in [0.2, 0.25) is 0 Å². The fraction of sp³-hybridized carbons (Fsp3) is 0.292. The van der Waals surface area contributed by atoms with Gasteiger partial charge in [0.1, 0.15) is 17.3 Å². The second-order valence-electron chi connectivity index (χ2n) is 7.50. The van der Waals surface area contributed by atoms with Gasteiger partial charge >= 0.3 is 0 Å². The van der Waals surface area contributed by atoms with Crippen molar-refractivity contribution in [2.24, 2.45) is 0 Å². The number of hydrogen-bond donors (Lipinski definition) is 0. The molecular formula is C24H23F2N3O2. The van der Waals surface area contributed by atoms with Gasteiger partial charge in [-0.05, 0) is 54.7 Å². The normalized spacial score (nSPS) is 18.5. The number of benzene rings is 2. The summed E-state index contributed by atoms with van der Waals surface area (Å²) in [5.41, 5.74) is 2.42. The van der Waals surface area contributed by atoms with Gasteiger partial charge in [-0.15, -0.1) is 0 Å². The number of rotatable bonds is 5. The monoisotopic (exact) mass is 423 g/mol. The molecule has 7 heteroatoms. The van der Waals surface area contributed by atoms with Crippen molar-refractivity contribution in [1.29, 1.82) is 0 Å². The average molecular weight is 423 g/mol. The summed E-state index contributed by atoms with van der Waals surface area (Å²) in [6, 6.07) is 11.0. The van der Waals surface area contributed by atoms with Gasteiger partial charge in [0.25, 0.3) is 5.91 Å². The van der Waals surface area contributed by atoms with Crippen molar-refractivity contribution in [3.05, 3.63) is 83.9 Å². The van der Waals surface area contributed by atoms with E-state index in [0.29, 0.717) is 36.4 Å². The fourth-order valence-electron chi connectivity index (χ4n) is 4.06. The molecule has 0 spiro atoms. The molecule has 2 atom stereocenters. The van der Waals surface area contributed by atoms with Crippen LogP contribution in [0.25, 0.3) is 11.1 Å². The third-order valence-corrected chi connectivity index (χ3v) is 5.54. The van der Waals surface area contributed by atoms with Crippen molar-refractivity contribution >= 4 is 5.91 Å². The maximum Gasteiger partial charge on any atom is 0.274 e. The molecule has 0 bridgehead atoms. The highest BCUT2D eigenvalue weighted by atomic mass is 19.1. The van der Waals surface area contributed by atoms with E-state index in [1.54, 1.807) is 0 Å². The number of carbonyl (C=O) groups excluding carboxylic acids is 1. The summed E-state index contributed by atoms with van der Waals surface area (Å²) >= 11 is 0. The maximum absolute atomic E-state index is 13.7. The van der Waals surface area contributed by atoms with Gasteiger partial charge in [0.15, 0.2) is 0 Å². The van der Waals surface area contributed by atoms with Gasteiger partial charge in [0.05, 0.1) is 12.3 Å². The van der Waals surface area contributed by atoms with Crippen LogP contribution in [-0.4, -0.2) is 40.0 Å². The molecule has 1 aliphatic rings. The standard InChI is InChI=1S/C24H23F2N3O2/c1-2-29(24(30)22-15-27-7-8-28-22)21-6-9-31-23(14-21)17-5-3-4-16(10-17)18-11-19(25)13-20(26)12-18/h3-5,7-8,10-13,15,21,23H,2,6,9,14H2,1H3/t21-,23+/m0/s1. The van der Waals surface area contributed by atoms with E-state index in [0.717, 1.165) is 18.1 Å². The van der Waals surface area contributed by atoms with Crippen LogP contribution in [0, 0.1) is 11.6 Å². The van der Waals surface area contributed by atoms with Crippen LogP contribution in [0.2, 0.25) is 0 Å². The smallest absolute Gasteiger partial charge is 0.274 e. The van der Waals surface area contributed by atoms with Crippen LogP contribution < -0.4 is 0 Å². The molecule has 2 aromatic carbocycles. The van der Waals surface area contributed by atoms with Gasteiger partial charge in [-0.1, -0.05) is 18.2 Å². The van der Waals surface area contributed by atoms with Crippen LogP contribution in [0.1, 0.15) is 41.9 Å². The van der Waals surface area contributed by atoms with E-state index in [2.05, 4.69) is 9.97 Å². The van der Waals surface area contributed by atoms with Crippen molar-refractivity contribution < 1.29 is 18.3 Å². The van der Waals surface area contributed by atoms with E-state index in [1.165, 1.54) is 30.7 Å². The highest BCUT2D eigenvalue weighted by Crippen LogP contribution is 2.33. The third kappa shape index (κ3) is 4.77. The number of hydrogen-bond acceptors (Lipinski definition) is 4. The Morgan fingerprint density at radius 1 is 1.13 bits per heavy atom. The van der Waals surface area contributed by atoms with Crippen LogP contribution in [0.4, 0.5) is 8.78 Å². The van der Waals surface area contributed by atoms with Crippen LogP contribution >= 0.6 is 0 Å². The molecule has 0 N–H and O–H groups in total. The topological polar surface area (TPSA) is 55.3 Å². The Bertz CT molecular complexity index is 1040. The highest BCUT2D eigenvalue weighted by molar-refractivity contribution is 5.92. The van der Waals surface area contributed by atoms with Crippen molar-refractivity contribution in [1.82, 2.24) is 14.9 Å². The van der Waals surface area contributed by atoms with Gasteiger partial charge in [-0.25, -0.2) is 13.8 Å². The van der Waals surface area contributed by atoms with Crippen molar-refractivity contribution in [2.75, 3.05) is 13.2 Å². The zero-order chi connectivity index (χ0) is 21.8. The average Bonchev–Trinajstić information content (AvgIpc) is 2.80. The van der Waals surface area contributed by atoms with Gasteiger partial charge in [-0.2, -0.15) is 0 Å². The molecule has 1 amide bonds. The molecule has 0 saturated carbocycles. The van der Waals surface area contributed by atoms with Crippen molar-refractivity contribution in [3.63, 3.8) is 0 Å². The van der Waals surface area contributed by atoms with Crippen molar-refractivity contribution in [2.45, 2.75) is 31.9 Å². The van der Waals surface area contributed by atoms with Gasteiger partial charge in [0, 0.05) is 37.7 Å². The molecule has 1 fully saturated rings. The second kappa shape index (κ2) is 9.31. The molecule has 31 heavy (non-hydrogen) atoms. The van der Waals surface area contributed by atoms with E-state index in [9.17, 15) is 13.6 Å². The molecule has 4 rings (SSSR count). The number of nitrogens with zero attached hydrogens (tertiary/aromatic N) is 3. The second-order valence-corrected chi connectivity index (χ2v) is 7.50. The van der Waals surface area contributed by atoms with Gasteiger partial charge in [-0.3, -0.25) is 9.78 Å². The summed E-state index contributed by atoms with van der Waals surface area (Å²) in [5, 5.41) is 0. The Kier molecular flexibility index (Phi) is 6.32. The Morgan fingerprint density at radius 2 is 1.94 bits per heavy atom. The van der Waals surface area contributed by atoms with Crippen LogP contribution in [0.3, 0.4) is 0 Å². The predicted molar refractivity (Wildman–Crippen MR) is 112 cm³/mol. The van der Waals surface area contributed by atoms with Crippen LogP contribution in [0.5, 0.6) is 0 Å². The Balaban J connectivity index is 1.55. The molecule has 0 unspecified atom stereocenters.